The van der Waals surface area contributed by atoms with Crippen LogP contribution < -0.4 is 5.73 Å². The van der Waals surface area contributed by atoms with E-state index >= 15 is 0 Å². The van der Waals surface area contributed by atoms with Gasteiger partial charge in [-0.2, -0.15) is 0 Å². The highest BCUT2D eigenvalue weighted by Gasteiger charge is 2.12. The van der Waals surface area contributed by atoms with Gasteiger partial charge in [-0.25, -0.2) is 4.98 Å². The van der Waals surface area contributed by atoms with Crippen LogP contribution in [0.4, 0.5) is 0 Å². The van der Waals surface area contributed by atoms with Gasteiger partial charge in [-0.3, -0.25) is 0 Å². The van der Waals surface area contributed by atoms with Crippen molar-refractivity contribution in [3.05, 3.63) is 29.0 Å². The van der Waals surface area contributed by atoms with E-state index in [1.54, 1.807) is 0 Å². The van der Waals surface area contributed by atoms with Crippen molar-refractivity contribution in [1.29, 1.82) is 0 Å². The lowest BCUT2D eigenvalue weighted by molar-refractivity contribution is 0.650. The zero-order chi connectivity index (χ0) is 11.0. The van der Waals surface area contributed by atoms with E-state index in [1.165, 1.54) is 0 Å². The van der Waals surface area contributed by atoms with Crippen molar-refractivity contribution in [3.8, 4) is 0 Å². The van der Waals surface area contributed by atoms with Gasteiger partial charge in [0, 0.05) is 11.6 Å². The van der Waals surface area contributed by atoms with Crippen LogP contribution in [0, 0.1) is 0 Å². The van der Waals surface area contributed by atoms with E-state index in [0.717, 1.165) is 23.4 Å². The minimum absolute atomic E-state index is 0.0591. The first-order chi connectivity index (χ1) is 7.13. The molecule has 0 radical (unpaired) electrons. The number of hydrogen-bond donors (Lipinski definition) is 1. The van der Waals surface area contributed by atoms with Gasteiger partial charge < -0.3 is 10.3 Å². The van der Waals surface area contributed by atoms with Crippen molar-refractivity contribution < 1.29 is 0 Å². The number of aryl methyl sites for hydroxylation is 1. The number of imidazole rings is 1. The van der Waals surface area contributed by atoms with Gasteiger partial charge in [0.1, 0.15) is 5.82 Å². The summed E-state index contributed by atoms with van der Waals surface area (Å²) in [6, 6.07) is 5.67. The molecule has 0 aliphatic rings. The van der Waals surface area contributed by atoms with Crippen LogP contribution in [0.3, 0.4) is 0 Å². The number of benzene rings is 1. The fraction of sp³-hybridized carbons (Fsp3) is 0.364. The van der Waals surface area contributed by atoms with Gasteiger partial charge >= 0.3 is 0 Å². The van der Waals surface area contributed by atoms with Gasteiger partial charge in [0.15, 0.2) is 0 Å². The second kappa shape index (κ2) is 3.83. The molecule has 1 heterocycles. The molecular formula is C11H14ClN3. The second-order valence-electron chi connectivity index (χ2n) is 3.64. The topological polar surface area (TPSA) is 43.8 Å². The van der Waals surface area contributed by atoms with E-state index < -0.39 is 0 Å². The monoisotopic (exact) mass is 223 g/mol. The quantitative estimate of drug-likeness (QED) is 0.851. The van der Waals surface area contributed by atoms with Gasteiger partial charge in [0.25, 0.3) is 0 Å². The molecule has 1 aromatic carbocycles. The Labute approximate surface area is 93.9 Å². The summed E-state index contributed by atoms with van der Waals surface area (Å²) in [5, 5.41) is 0.708. The third-order valence-corrected chi connectivity index (χ3v) is 2.70. The SMILES string of the molecule is CCn1c([C@H](C)N)nc2cc(Cl)ccc21. The zero-order valence-electron chi connectivity index (χ0n) is 8.87. The number of nitrogens with two attached hydrogens (primary N) is 1. The number of fused-ring (bicyclic) bond motifs is 1. The molecule has 0 aliphatic carbocycles. The Morgan fingerprint density at radius 1 is 1.53 bits per heavy atom. The third kappa shape index (κ3) is 1.73. The van der Waals surface area contributed by atoms with Crippen molar-refractivity contribution >= 4 is 22.6 Å². The first-order valence-electron chi connectivity index (χ1n) is 5.04. The van der Waals surface area contributed by atoms with Crippen molar-refractivity contribution in [2.24, 2.45) is 5.73 Å². The molecule has 0 saturated carbocycles. The van der Waals surface area contributed by atoms with Crippen LogP contribution in [0.25, 0.3) is 11.0 Å². The highest BCUT2D eigenvalue weighted by Crippen LogP contribution is 2.22. The third-order valence-electron chi connectivity index (χ3n) is 2.46. The molecule has 1 atom stereocenters. The van der Waals surface area contributed by atoms with E-state index in [1.807, 2.05) is 25.1 Å². The van der Waals surface area contributed by atoms with E-state index in [2.05, 4.69) is 16.5 Å². The lowest BCUT2D eigenvalue weighted by Crippen LogP contribution is -2.12. The van der Waals surface area contributed by atoms with Crippen LogP contribution in [0.2, 0.25) is 5.02 Å². The number of aromatic nitrogens is 2. The van der Waals surface area contributed by atoms with Gasteiger partial charge in [-0.15, -0.1) is 0 Å². The molecule has 0 fully saturated rings. The maximum absolute atomic E-state index is 5.92. The summed E-state index contributed by atoms with van der Waals surface area (Å²) < 4.78 is 2.12. The van der Waals surface area contributed by atoms with E-state index in [4.69, 9.17) is 17.3 Å². The Kier molecular flexibility index (Phi) is 2.67. The molecule has 2 rings (SSSR count). The van der Waals surface area contributed by atoms with Crippen LogP contribution in [-0.2, 0) is 6.54 Å². The minimum Gasteiger partial charge on any atom is -0.327 e. The molecule has 1 aromatic heterocycles. The molecule has 2 N–H and O–H groups in total. The Bertz CT molecular complexity index is 488. The molecular weight excluding hydrogens is 210 g/mol. The van der Waals surface area contributed by atoms with Crippen LogP contribution in [0.5, 0.6) is 0 Å². The summed E-state index contributed by atoms with van der Waals surface area (Å²) in [5.74, 6) is 0.912. The van der Waals surface area contributed by atoms with Crippen molar-refractivity contribution in [1.82, 2.24) is 9.55 Å². The number of halogens is 1. The molecule has 0 amide bonds. The number of hydrogen-bond acceptors (Lipinski definition) is 2. The van der Waals surface area contributed by atoms with Gasteiger partial charge in [0.05, 0.1) is 17.1 Å². The molecule has 0 spiro atoms. The molecule has 2 aromatic rings. The molecule has 0 saturated heterocycles. The Hall–Kier alpha value is -1.06. The summed E-state index contributed by atoms with van der Waals surface area (Å²) in [4.78, 5) is 4.50. The summed E-state index contributed by atoms with van der Waals surface area (Å²) in [7, 11) is 0. The average molecular weight is 224 g/mol. The minimum atomic E-state index is -0.0591. The lowest BCUT2D eigenvalue weighted by Gasteiger charge is -2.08. The predicted octanol–water partition coefficient (Wildman–Crippen LogP) is 2.73. The molecule has 0 unspecified atom stereocenters. The highest BCUT2D eigenvalue weighted by molar-refractivity contribution is 6.31. The fourth-order valence-corrected chi connectivity index (χ4v) is 1.97. The molecule has 0 aliphatic heterocycles. The van der Waals surface area contributed by atoms with E-state index in [9.17, 15) is 0 Å². The van der Waals surface area contributed by atoms with Crippen LogP contribution in [0.15, 0.2) is 18.2 Å². The van der Waals surface area contributed by atoms with Gasteiger partial charge in [0.2, 0.25) is 0 Å². The van der Waals surface area contributed by atoms with Crippen LogP contribution in [0.1, 0.15) is 25.7 Å². The largest absolute Gasteiger partial charge is 0.327 e. The van der Waals surface area contributed by atoms with Crippen molar-refractivity contribution in [2.75, 3.05) is 0 Å². The summed E-state index contributed by atoms with van der Waals surface area (Å²) in [6.07, 6.45) is 0. The summed E-state index contributed by atoms with van der Waals surface area (Å²) in [5.41, 5.74) is 7.88. The average Bonchev–Trinajstić information content (AvgIpc) is 2.55. The Morgan fingerprint density at radius 2 is 2.27 bits per heavy atom. The van der Waals surface area contributed by atoms with Crippen LogP contribution in [-0.4, -0.2) is 9.55 Å². The van der Waals surface area contributed by atoms with Crippen molar-refractivity contribution in [3.63, 3.8) is 0 Å². The maximum Gasteiger partial charge on any atom is 0.126 e. The first kappa shape index (κ1) is 10.5. The number of rotatable bonds is 2. The first-order valence-corrected chi connectivity index (χ1v) is 5.42. The Morgan fingerprint density at radius 3 is 2.87 bits per heavy atom. The fourth-order valence-electron chi connectivity index (χ4n) is 1.80. The van der Waals surface area contributed by atoms with Gasteiger partial charge in [-0.05, 0) is 32.0 Å². The molecule has 80 valence electrons. The second-order valence-corrected chi connectivity index (χ2v) is 4.07. The molecule has 0 bridgehead atoms. The maximum atomic E-state index is 5.92. The highest BCUT2D eigenvalue weighted by atomic mass is 35.5. The summed E-state index contributed by atoms with van der Waals surface area (Å²) in [6.45, 7) is 4.89. The standard InChI is InChI=1S/C11H14ClN3/c1-3-15-10-5-4-8(12)6-9(10)14-11(15)7(2)13/h4-7H,3,13H2,1-2H3/t7-/m0/s1. The molecule has 15 heavy (non-hydrogen) atoms. The predicted molar refractivity (Wildman–Crippen MR) is 63.0 cm³/mol. The normalized spacial score (nSPS) is 13.3. The smallest absolute Gasteiger partial charge is 0.126 e. The number of nitrogens with zero attached hydrogens (tertiary/aromatic N) is 2. The van der Waals surface area contributed by atoms with Gasteiger partial charge in [-0.1, -0.05) is 11.6 Å². The van der Waals surface area contributed by atoms with Crippen LogP contribution >= 0.6 is 11.6 Å². The molecule has 3 nitrogen and oxygen atoms in total. The lowest BCUT2D eigenvalue weighted by atomic mass is 10.3. The van der Waals surface area contributed by atoms with E-state index in [0.29, 0.717) is 5.02 Å². The summed E-state index contributed by atoms with van der Waals surface area (Å²) >= 11 is 5.92. The Balaban J connectivity index is 2.73. The van der Waals surface area contributed by atoms with Crippen molar-refractivity contribution in [2.45, 2.75) is 26.4 Å². The zero-order valence-corrected chi connectivity index (χ0v) is 9.62. The van der Waals surface area contributed by atoms with E-state index in [-0.39, 0.29) is 6.04 Å². The molecule has 4 heteroatoms.